The van der Waals surface area contributed by atoms with E-state index in [4.69, 9.17) is 15.6 Å². The Bertz CT molecular complexity index is 588. The van der Waals surface area contributed by atoms with Gasteiger partial charge in [-0.05, 0) is 24.0 Å². The number of methoxy groups -OCH3 is 1. The number of nitrogens with zero attached hydrogens (tertiary/aromatic N) is 1. The SMILES string of the molecule is COc1cc(C(=O)O)ccc1C(/N=C/CC(C)(C)C)C(N)=O. The van der Waals surface area contributed by atoms with Crippen molar-refractivity contribution in [2.24, 2.45) is 16.1 Å². The highest BCUT2D eigenvalue weighted by Gasteiger charge is 2.22. The molecule has 0 bridgehead atoms. The second kappa shape index (κ2) is 7.06. The lowest BCUT2D eigenvalue weighted by atomic mass is 9.93. The van der Waals surface area contributed by atoms with Gasteiger partial charge in [-0.15, -0.1) is 0 Å². The molecule has 6 nitrogen and oxygen atoms in total. The van der Waals surface area contributed by atoms with E-state index in [9.17, 15) is 9.59 Å². The van der Waals surface area contributed by atoms with Gasteiger partial charge in [-0.2, -0.15) is 0 Å². The number of aliphatic imine (C=N–C) groups is 1. The van der Waals surface area contributed by atoms with E-state index in [1.54, 1.807) is 6.21 Å². The molecule has 0 heterocycles. The number of primary amides is 1. The first kappa shape index (κ1) is 17.7. The number of hydrogen-bond acceptors (Lipinski definition) is 4. The number of nitrogens with two attached hydrogens (primary N) is 1. The van der Waals surface area contributed by atoms with Crippen LogP contribution in [0.2, 0.25) is 0 Å². The molecule has 22 heavy (non-hydrogen) atoms. The number of carbonyl (C=O) groups is 2. The molecule has 0 spiro atoms. The topological polar surface area (TPSA) is 102 Å². The molecule has 0 radical (unpaired) electrons. The summed E-state index contributed by atoms with van der Waals surface area (Å²) in [6, 6.07) is 3.36. The van der Waals surface area contributed by atoms with Crippen LogP contribution in [0.5, 0.6) is 5.75 Å². The van der Waals surface area contributed by atoms with Crippen LogP contribution < -0.4 is 10.5 Å². The van der Waals surface area contributed by atoms with Gasteiger partial charge in [0.2, 0.25) is 5.91 Å². The number of carbonyl (C=O) groups excluding carboxylic acids is 1. The van der Waals surface area contributed by atoms with E-state index in [-0.39, 0.29) is 16.7 Å². The maximum Gasteiger partial charge on any atom is 0.335 e. The average Bonchev–Trinajstić information content (AvgIpc) is 2.41. The summed E-state index contributed by atoms with van der Waals surface area (Å²) in [5, 5.41) is 9.00. The van der Waals surface area contributed by atoms with Gasteiger partial charge >= 0.3 is 5.97 Å². The summed E-state index contributed by atoms with van der Waals surface area (Å²) in [4.78, 5) is 26.9. The summed E-state index contributed by atoms with van der Waals surface area (Å²) in [5.41, 5.74) is 5.98. The lowest BCUT2D eigenvalue weighted by molar-refractivity contribution is -0.119. The van der Waals surface area contributed by atoms with E-state index >= 15 is 0 Å². The zero-order chi connectivity index (χ0) is 16.9. The molecule has 0 saturated carbocycles. The Labute approximate surface area is 130 Å². The number of carboxylic acids is 1. The maximum absolute atomic E-state index is 11.7. The molecule has 1 amide bonds. The maximum atomic E-state index is 11.7. The van der Waals surface area contributed by atoms with Crippen LogP contribution in [0.4, 0.5) is 0 Å². The third-order valence-electron chi connectivity index (χ3n) is 3.00. The standard InChI is InChI=1S/C16H22N2O4/c1-16(2,3)7-8-18-13(14(17)19)11-6-5-10(15(20)21)9-12(11)22-4/h5-6,8-9,13H,7H2,1-4H3,(H2,17,19)(H,20,21)/b18-8+. The van der Waals surface area contributed by atoms with Gasteiger partial charge in [0, 0.05) is 11.8 Å². The van der Waals surface area contributed by atoms with Gasteiger partial charge in [0.05, 0.1) is 12.7 Å². The smallest absolute Gasteiger partial charge is 0.335 e. The highest BCUT2D eigenvalue weighted by molar-refractivity contribution is 5.89. The van der Waals surface area contributed by atoms with Crippen molar-refractivity contribution >= 4 is 18.1 Å². The Morgan fingerprint density at radius 1 is 1.41 bits per heavy atom. The monoisotopic (exact) mass is 306 g/mol. The van der Waals surface area contributed by atoms with Crippen LogP contribution in [0.3, 0.4) is 0 Å². The lowest BCUT2D eigenvalue weighted by Crippen LogP contribution is -2.21. The van der Waals surface area contributed by atoms with E-state index in [2.05, 4.69) is 25.8 Å². The number of carboxylic acid groups (broad SMARTS) is 1. The highest BCUT2D eigenvalue weighted by Crippen LogP contribution is 2.29. The number of rotatable bonds is 6. The van der Waals surface area contributed by atoms with Crippen LogP contribution in [-0.4, -0.2) is 30.3 Å². The van der Waals surface area contributed by atoms with Gasteiger partial charge in [-0.25, -0.2) is 4.79 Å². The second-order valence-electron chi connectivity index (χ2n) is 6.16. The van der Waals surface area contributed by atoms with Crippen LogP contribution in [0, 0.1) is 5.41 Å². The molecule has 0 saturated heterocycles. The predicted molar refractivity (Wildman–Crippen MR) is 84.5 cm³/mol. The van der Waals surface area contributed by atoms with Crippen molar-refractivity contribution in [1.82, 2.24) is 0 Å². The molecule has 0 aliphatic carbocycles. The first-order valence-corrected chi connectivity index (χ1v) is 6.88. The molecule has 0 fully saturated rings. The Morgan fingerprint density at radius 3 is 2.50 bits per heavy atom. The van der Waals surface area contributed by atoms with Crippen molar-refractivity contribution in [3.8, 4) is 5.75 Å². The summed E-state index contributed by atoms with van der Waals surface area (Å²) < 4.78 is 5.17. The molecule has 1 atom stereocenters. The van der Waals surface area contributed by atoms with E-state index in [1.807, 2.05) is 0 Å². The van der Waals surface area contributed by atoms with Crippen molar-refractivity contribution in [2.75, 3.05) is 7.11 Å². The molecule has 0 aliphatic heterocycles. The van der Waals surface area contributed by atoms with Crippen LogP contribution >= 0.6 is 0 Å². The predicted octanol–water partition coefficient (Wildman–Crippen LogP) is 2.43. The van der Waals surface area contributed by atoms with Gasteiger partial charge in [0.15, 0.2) is 6.04 Å². The number of ether oxygens (including phenoxy) is 1. The molecule has 0 aliphatic rings. The average molecular weight is 306 g/mol. The number of benzene rings is 1. The fraction of sp³-hybridized carbons (Fsp3) is 0.438. The van der Waals surface area contributed by atoms with Gasteiger partial charge in [0.25, 0.3) is 0 Å². The normalized spacial score (nSPS) is 13.1. The van der Waals surface area contributed by atoms with Crippen molar-refractivity contribution in [3.63, 3.8) is 0 Å². The van der Waals surface area contributed by atoms with Gasteiger partial charge in [0.1, 0.15) is 5.75 Å². The van der Waals surface area contributed by atoms with Crippen LogP contribution in [0.1, 0.15) is 49.2 Å². The van der Waals surface area contributed by atoms with Gasteiger partial charge in [-0.1, -0.05) is 26.8 Å². The number of aromatic carboxylic acids is 1. The van der Waals surface area contributed by atoms with E-state index < -0.39 is 17.9 Å². The molecule has 1 rings (SSSR count). The fourth-order valence-electron chi connectivity index (χ4n) is 1.81. The molecule has 120 valence electrons. The highest BCUT2D eigenvalue weighted by atomic mass is 16.5. The zero-order valence-corrected chi connectivity index (χ0v) is 13.3. The minimum absolute atomic E-state index is 0.0446. The molecule has 6 heteroatoms. The molecule has 1 aromatic carbocycles. The summed E-state index contributed by atoms with van der Waals surface area (Å²) >= 11 is 0. The largest absolute Gasteiger partial charge is 0.496 e. The number of amides is 1. The van der Waals surface area contributed by atoms with Crippen molar-refractivity contribution in [2.45, 2.75) is 33.2 Å². The van der Waals surface area contributed by atoms with Crippen LogP contribution in [0.15, 0.2) is 23.2 Å². The molecule has 1 aromatic rings. The Hall–Kier alpha value is -2.37. The third kappa shape index (κ3) is 4.87. The summed E-state index contributed by atoms with van der Waals surface area (Å²) in [5.74, 6) is -1.42. The van der Waals surface area contributed by atoms with Crippen molar-refractivity contribution in [3.05, 3.63) is 29.3 Å². The second-order valence-corrected chi connectivity index (χ2v) is 6.16. The minimum atomic E-state index is -1.07. The van der Waals surface area contributed by atoms with E-state index in [1.165, 1.54) is 25.3 Å². The van der Waals surface area contributed by atoms with Crippen LogP contribution in [0.25, 0.3) is 0 Å². The lowest BCUT2D eigenvalue weighted by Gasteiger charge is -2.16. The quantitative estimate of drug-likeness (QED) is 0.788. The first-order chi connectivity index (χ1) is 10.2. The first-order valence-electron chi connectivity index (χ1n) is 6.88. The summed E-state index contributed by atoms with van der Waals surface area (Å²) in [6.07, 6.45) is 2.35. The van der Waals surface area contributed by atoms with Crippen molar-refractivity contribution < 1.29 is 19.4 Å². The molecular formula is C16H22N2O4. The number of hydrogen-bond donors (Lipinski definition) is 2. The van der Waals surface area contributed by atoms with E-state index in [0.29, 0.717) is 12.0 Å². The molecular weight excluding hydrogens is 284 g/mol. The van der Waals surface area contributed by atoms with Crippen molar-refractivity contribution in [1.29, 1.82) is 0 Å². The summed E-state index contributed by atoms with van der Waals surface area (Å²) in [6.45, 7) is 6.17. The van der Waals surface area contributed by atoms with Crippen LogP contribution in [-0.2, 0) is 4.79 Å². The van der Waals surface area contributed by atoms with Gasteiger partial charge in [-0.3, -0.25) is 9.79 Å². The third-order valence-corrected chi connectivity index (χ3v) is 3.00. The van der Waals surface area contributed by atoms with Gasteiger partial charge < -0.3 is 15.6 Å². The molecule has 1 unspecified atom stereocenters. The van der Waals surface area contributed by atoms with E-state index in [0.717, 1.165) is 0 Å². The summed E-state index contributed by atoms with van der Waals surface area (Å²) in [7, 11) is 1.40. The minimum Gasteiger partial charge on any atom is -0.496 e. The Kier molecular flexibility index (Phi) is 5.68. The zero-order valence-electron chi connectivity index (χ0n) is 13.3. The molecule has 3 N–H and O–H groups in total. The Morgan fingerprint density at radius 2 is 2.05 bits per heavy atom. The fourth-order valence-corrected chi connectivity index (χ4v) is 1.81. The molecule has 0 aromatic heterocycles. The Balaban J connectivity index is 3.16.